The summed E-state index contributed by atoms with van der Waals surface area (Å²) in [6, 6.07) is 0.100. The third-order valence-electron chi connectivity index (χ3n) is 3.69. The maximum atomic E-state index is 12.2. The molecule has 1 atom stereocenters. The first-order chi connectivity index (χ1) is 9.29. The molecule has 0 bridgehead atoms. The first-order valence-corrected chi connectivity index (χ1v) is 7.12. The highest BCUT2D eigenvalue weighted by Crippen LogP contribution is 2.23. The lowest BCUT2D eigenvalue weighted by Gasteiger charge is -2.39. The molecule has 0 spiro atoms. The minimum absolute atomic E-state index is 0.100. The Morgan fingerprint density at radius 1 is 1.25 bits per heavy atom. The zero-order valence-electron chi connectivity index (χ0n) is 13.0. The van der Waals surface area contributed by atoms with Gasteiger partial charge in [-0.25, -0.2) is 0 Å². The highest BCUT2D eigenvalue weighted by atomic mass is 16.5. The van der Waals surface area contributed by atoms with E-state index in [-0.39, 0.29) is 17.4 Å². The Balaban J connectivity index is 1.93. The minimum atomic E-state index is -0.308. The first-order valence-electron chi connectivity index (χ1n) is 7.12. The van der Waals surface area contributed by atoms with E-state index >= 15 is 0 Å². The van der Waals surface area contributed by atoms with Gasteiger partial charge in [0.2, 0.25) is 11.8 Å². The van der Waals surface area contributed by atoms with Crippen LogP contribution < -0.4 is 0 Å². The van der Waals surface area contributed by atoms with E-state index in [1.807, 2.05) is 32.6 Å². The number of amides is 1. The van der Waals surface area contributed by atoms with Crippen LogP contribution in [0, 0.1) is 12.3 Å². The van der Waals surface area contributed by atoms with Gasteiger partial charge in [-0.15, -0.1) is 0 Å². The average molecular weight is 280 g/mol. The van der Waals surface area contributed by atoms with Gasteiger partial charge in [-0.3, -0.25) is 9.69 Å². The number of hydrogen-bond acceptors (Lipinski definition) is 5. The van der Waals surface area contributed by atoms with Crippen molar-refractivity contribution in [3.8, 4) is 0 Å². The number of rotatable bonds is 2. The SMILES string of the molecule is Cc1noc(C(C)N2CCN(C(=O)C(C)(C)C)CC2)n1. The van der Waals surface area contributed by atoms with Crippen LogP contribution in [0.25, 0.3) is 0 Å². The summed E-state index contributed by atoms with van der Waals surface area (Å²) in [5, 5.41) is 3.83. The number of hydrogen-bond donors (Lipinski definition) is 0. The number of carbonyl (C=O) groups is 1. The van der Waals surface area contributed by atoms with Crippen LogP contribution in [0.1, 0.15) is 45.5 Å². The van der Waals surface area contributed by atoms with Crippen LogP contribution in [-0.2, 0) is 4.79 Å². The first kappa shape index (κ1) is 15.0. The molecule has 1 unspecified atom stereocenters. The van der Waals surface area contributed by atoms with Crippen molar-refractivity contribution in [2.24, 2.45) is 5.41 Å². The van der Waals surface area contributed by atoms with E-state index in [1.165, 1.54) is 0 Å². The van der Waals surface area contributed by atoms with Crippen LogP contribution >= 0.6 is 0 Å². The van der Waals surface area contributed by atoms with Crippen LogP contribution in [-0.4, -0.2) is 52.0 Å². The fraction of sp³-hybridized carbons (Fsp3) is 0.786. The largest absolute Gasteiger partial charge is 0.340 e. The van der Waals surface area contributed by atoms with Gasteiger partial charge < -0.3 is 9.42 Å². The normalized spacial score (nSPS) is 19.1. The van der Waals surface area contributed by atoms with Gasteiger partial charge in [-0.05, 0) is 13.8 Å². The molecular formula is C14H24N4O2. The second-order valence-corrected chi connectivity index (χ2v) is 6.43. The van der Waals surface area contributed by atoms with Gasteiger partial charge in [0.25, 0.3) is 0 Å². The summed E-state index contributed by atoms with van der Waals surface area (Å²) < 4.78 is 5.22. The van der Waals surface area contributed by atoms with Crippen LogP contribution in [0.5, 0.6) is 0 Å². The summed E-state index contributed by atoms with van der Waals surface area (Å²) >= 11 is 0. The topological polar surface area (TPSA) is 62.5 Å². The van der Waals surface area contributed by atoms with E-state index < -0.39 is 0 Å². The van der Waals surface area contributed by atoms with Crippen molar-refractivity contribution in [3.05, 3.63) is 11.7 Å². The third kappa shape index (κ3) is 3.17. The van der Waals surface area contributed by atoms with Crippen LogP contribution in [0.4, 0.5) is 0 Å². The quantitative estimate of drug-likeness (QED) is 0.824. The lowest BCUT2D eigenvalue weighted by Crippen LogP contribution is -2.52. The molecule has 1 aliphatic rings. The highest BCUT2D eigenvalue weighted by molar-refractivity contribution is 5.81. The van der Waals surface area contributed by atoms with Crippen molar-refractivity contribution in [2.45, 2.75) is 40.7 Å². The molecule has 2 heterocycles. The van der Waals surface area contributed by atoms with Crippen molar-refractivity contribution in [2.75, 3.05) is 26.2 Å². The van der Waals surface area contributed by atoms with Crippen LogP contribution in [0.2, 0.25) is 0 Å². The minimum Gasteiger partial charge on any atom is -0.340 e. The molecule has 1 aromatic rings. The van der Waals surface area contributed by atoms with Gasteiger partial charge >= 0.3 is 0 Å². The molecule has 0 saturated carbocycles. The molecule has 112 valence electrons. The second-order valence-electron chi connectivity index (χ2n) is 6.43. The molecule has 0 aromatic carbocycles. The zero-order chi connectivity index (χ0) is 14.9. The Kier molecular flexibility index (Phi) is 4.13. The smallest absolute Gasteiger partial charge is 0.243 e. The summed E-state index contributed by atoms with van der Waals surface area (Å²) in [5.41, 5.74) is -0.308. The van der Waals surface area contributed by atoms with Crippen LogP contribution in [0.3, 0.4) is 0 Å². The van der Waals surface area contributed by atoms with E-state index in [0.29, 0.717) is 11.7 Å². The lowest BCUT2D eigenvalue weighted by atomic mass is 9.94. The molecule has 1 saturated heterocycles. The summed E-state index contributed by atoms with van der Waals surface area (Å²) in [7, 11) is 0. The molecule has 1 fully saturated rings. The van der Waals surface area contributed by atoms with E-state index in [2.05, 4.69) is 22.0 Å². The predicted molar refractivity (Wildman–Crippen MR) is 75.1 cm³/mol. The van der Waals surface area contributed by atoms with Crippen LogP contribution in [0.15, 0.2) is 4.52 Å². The van der Waals surface area contributed by atoms with Crippen molar-refractivity contribution in [1.82, 2.24) is 19.9 Å². The molecule has 6 nitrogen and oxygen atoms in total. The van der Waals surface area contributed by atoms with Crippen molar-refractivity contribution in [3.63, 3.8) is 0 Å². The second kappa shape index (κ2) is 5.52. The predicted octanol–water partition coefficient (Wildman–Crippen LogP) is 1.63. The van der Waals surface area contributed by atoms with Gasteiger partial charge in [-0.1, -0.05) is 25.9 Å². The molecule has 2 rings (SSSR count). The Bertz CT molecular complexity index is 470. The standard InChI is InChI=1S/C14H24N4O2/c1-10(12-15-11(2)16-20-12)17-6-8-18(9-7-17)13(19)14(3,4)5/h10H,6-9H2,1-5H3. The third-order valence-corrected chi connectivity index (χ3v) is 3.69. The number of aryl methyl sites for hydroxylation is 1. The summed E-state index contributed by atoms with van der Waals surface area (Å²) in [6.07, 6.45) is 0. The lowest BCUT2D eigenvalue weighted by molar-refractivity contribution is -0.141. The molecule has 1 aromatic heterocycles. The number of aromatic nitrogens is 2. The maximum absolute atomic E-state index is 12.2. The molecule has 6 heteroatoms. The molecule has 0 aliphatic carbocycles. The monoisotopic (exact) mass is 280 g/mol. The Morgan fingerprint density at radius 2 is 1.85 bits per heavy atom. The van der Waals surface area contributed by atoms with Gasteiger partial charge in [0, 0.05) is 31.6 Å². The summed E-state index contributed by atoms with van der Waals surface area (Å²) in [5.74, 6) is 1.53. The fourth-order valence-corrected chi connectivity index (χ4v) is 2.43. The molecule has 1 aliphatic heterocycles. The highest BCUT2D eigenvalue weighted by Gasteiger charge is 2.31. The van der Waals surface area contributed by atoms with E-state index in [0.717, 1.165) is 26.2 Å². The molecular weight excluding hydrogens is 256 g/mol. The molecule has 20 heavy (non-hydrogen) atoms. The summed E-state index contributed by atoms with van der Waals surface area (Å²) in [6.45, 7) is 13.0. The van der Waals surface area contributed by atoms with E-state index in [1.54, 1.807) is 0 Å². The Morgan fingerprint density at radius 3 is 2.30 bits per heavy atom. The van der Waals surface area contributed by atoms with Gasteiger partial charge in [0.05, 0.1) is 6.04 Å². The number of piperazine rings is 1. The van der Waals surface area contributed by atoms with Crippen molar-refractivity contribution < 1.29 is 9.32 Å². The van der Waals surface area contributed by atoms with Crippen molar-refractivity contribution >= 4 is 5.91 Å². The van der Waals surface area contributed by atoms with Gasteiger partial charge in [-0.2, -0.15) is 4.98 Å². The molecule has 0 N–H and O–H groups in total. The maximum Gasteiger partial charge on any atom is 0.243 e. The van der Waals surface area contributed by atoms with E-state index in [9.17, 15) is 4.79 Å². The summed E-state index contributed by atoms with van der Waals surface area (Å²) in [4.78, 5) is 20.7. The number of nitrogens with zero attached hydrogens (tertiary/aromatic N) is 4. The molecule has 0 radical (unpaired) electrons. The van der Waals surface area contributed by atoms with Gasteiger partial charge in [0.15, 0.2) is 5.82 Å². The van der Waals surface area contributed by atoms with E-state index in [4.69, 9.17) is 4.52 Å². The average Bonchev–Trinajstić information content (AvgIpc) is 2.83. The van der Waals surface area contributed by atoms with Crippen molar-refractivity contribution in [1.29, 1.82) is 0 Å². The number of carbonyl (C=O) groups excluding carboxylic acids is 1. The molecule has 1 amide bonds. The van der Waals surface area contributed by atoms with Gasteiger partial charge in [0.1, 0.15) is 0 Å². The Labute approximate surface area is 120 Å². The Hall–Kier alpha value is -1.43. The zero-order valence-corrected chi connectivity index (χ0v) is 13.0. The fourth-order valence-electron chi connectivity index (χ4n) is 2.43.